The van der Waals surface area contributed by atoms with Crippen LogP contribution in [0.3, 0.4) is 0 Å². The molecule has 3 heteroatoms. The van der Waals surface area contributed by atoms with E-state index in [4.69, 9.17) is 11.2 Å². The zero-order valence-electron chi connectivity index (χ0n) is 8.04. The van der Waals surface area contributed by atoms with Gasteiger partial charge in [0.05, 0.1) is 0 Å². The van der Waals surface area contributed by atoms with Gasteiger partial charge in [-0.2, -0.15) is 0 Å². The monoisotopic (exact) mass is 220 g/mol. The van der Waals surface area contributed by atoms with Gasteiger partial charge in [-0.1, -0.05) is 36.9 Å². The maximum atomic E-state index is 12.4. The molecule has 0 atom stereocenters. The number of halogens is 1. The van der Waals surface area contributed by atoms with Crippen LogP contribution in [0.15, 0.2) is 0 Å². The minimum Gasteiger partial charge on any atom is -0.306 e. The zero-order valence-corrected chi connectivity index (χ0v) is 9.70. The highest BCUT2D eigenvalue weighted by Gasteiger charge is 2.40. The van der Waals surface area contributed by atoms with Gasteiger partial charge < -0.3 is 4.57 Å². The number of rotatable bonds is 2. The smallest absolute Gasteiger partial charge is 0.175 e. The van der Waals surface area contributed by atoms with E-state index in [0.29, 0.717) is 11.3 Å². The summed E-state index contributed by atoms with van der Waals surface area (Å²) < 4.78 is 12.4. The molecule has 0 N–H and O–H groups in total. The number of hydrogen-bond donors (Lipinski definition) is 0. The van der Waals surface area contributed by atoms with Crippen LogP contribution in [0.1, 0.15) is 51.4 Å². The Bertz CT molecular complexity index is 197. The summed E-state index contributed by atoms with van der Waals surface area (Å²) >= 11 is 6.30. The van der Waals surface area contributed by atoms with Crippen molar-refractivity contribution in [3.63, 3.8) is 0 Å². The standard InChI is InChI=1S/C10H18ClOP/c11-13(12,9-5-1-2-6-9)10-7-3-4-8-10/h9-10H,1-8H2. The van der Waals surface area contributed by atoms with Gasteiger partial charge >= 0.3 is 0 Å². The van der Waals surface area contributed by atoms with E-state index < -0.39 is 6.49 Å². The minimum absolute atomic E-state index is 0.372. The van der Waals surface area contributed by atoms with Crippen LogP contribution in [-0.2, 0) is 4.57 Å². The number of hydrogen-bond acceptors (Lipinski definition) is 1. The van der Waals surface area contributed by atoms with Crippen molar-refractivity contribution in [3.8, 4) is 0 Å². The van der Waals surface area contributed by atoms with E-state index in [9.17, 15) is 4.57 Å². The maximum Gasteiger partial charge on any atom is 0.175 e. The van der Waals surface area contributed by atoms with Gasteiger partial charge in [0, 0.05) is 11.3 Å². The molecule has 0 aromatic rings. The minimum atomic E-state index is -2.32. The Morgan fingerprint density at radius 3 is 1.46 bits per heavy atom. The molecule has 2 aliphatic carbocycles. The Morgan fingerprint density at radius 1 is 0.846 bits per heavy atom. The Hall–Kier alpha value is 0.520. The molecule has 0 aromatic carbocycles. The predicted octanol–water partition coefficient (Wildman–Crippen LogP) is 4.39. The summed E-state index contributed by atoms with van der Waals surface area (Å²) in [5.41, 5.74) is 0.745. The van der Waals surface area contributed by atoms with Crippen molar-refractivity contribution in [2.75, 3.05) is 0 Å². The van der Waals surface area contributed by atoms with Crippen molar-refractivity contribution in [2.45, 2.75) is 62.7 Å². The lowest BCUT2D eigenvalue weighted by molar-refractivity contribution is 0.562. The van der Waals surface area contributed by atoms with Crippen LogP contribution < -0.4 is 0 Å². The van der Waals surface area contributed by atoms with E-state index in [1.54, 1.807) is 0 Å². The second-order valence-corrected chi connectivity index (χ2v) is 8.79. The van der Waals surface area contributed by atoms with Gasteiger partial charge in [-0.25, -0.2) is 0 Å². The quantitative estimate of drug-likeness (QED) is 0.631. The third kappa shape index (κ3) is 1.97. The summed E-state index contributed by atoms with van der Waals surface area (Å²) in [5.74, 6) is 0. The molecular formula is C10H18ClOP. The average Bonchev–Trinajstić information content (AvgIpc) is 2.78. The van der Waals surface area contributed by atoms with E-state index >= 15 is 0 Å². The normalized spacial score (nSPS) is 27.2. The molecule has 2 rings (SSSR count). The van der Waals surface area contributed by atoms with Gasteiger partial charge in [0.1, 0.15) is 0 Å². The molecule has 76 valence electrons. The lowest BCUT2D eigenvalue weighted by Gasteiger charge is -2.23. The fourth-order valence-electron chi connectivity index (χ4n) is 2.81. The Balaban J connectivity index is 2.04. The molecule has 13 heavy (non-hydrogen) atoms. The third-order valence-corrected chi connectivity index (χ3v) is 8.33. The van der Waals surface area contributed by atoms with Crippen molar-refractivity contribution in [1.29, 1.82) is 0 Å². The van der Waals surface area contributed by atoms with Gasteiger partial charge in [-0.3, -0.25) is 0 Å². The second-order valence-electron chi connectivity index (χ2n) is 4.50. The van der Waals surface area contributed by atoms with E-state index in [2.05, 4.69) is 0 Å². The Labute approximate surface area is 85.4 Å². The fourth-order valence-corrected chi connectivity index (χ4v) is 6.72. The van der Waals surface area contributed by atoms with E-state index in [-0.39, 0.29) is 0 Å². The summed E-state index contributed by atoms with van der Waals surface area (Å²) in [6, 6.07) is 0. The first-order valence-electron chi connectivity index (χ1n) is 5.50. The molecule has 2 fully saturated rings. The van der Waals surface area contributed by atoms with E-state index in [0.717, 1.165) is 25.7 Å². The molecule has 0 aromatic heterocycles. The van der Waals surface area contributed by atoms with Crippen molar-refractivity contribution in [1.82, 2.24) is 0 Å². The molecule has 0 radical (unpaired) electrons. The van der Waals surface area contributed by atoms with Crippen molar-refractivity contribution in [3.05, 3.63) is 0 Å². The SMILES string of the molecule is O=P(Cl)(C1CCCC1)C1CCCC1. The highest BCUT2D eigenvalue weighted by molar-refractivity contribution is 7.90. The van der Waals surface area contributed by atoms with Gasteiger partial charge in [-0.15, -0.1) is 0 Å². The molecule has 0 heterocycles. The third-order valence-electron chi connectivity index (χ3n) is 3.65. The van der Waals surface area contributed by atoms with Crippen LogP contribution in [0, 0.1) is 0 Å². The lowest BCUT2D eigenvalue weighted by atomic mass is 10.4. The first-order chi connectivity index (χ1) is 6.21. The summed E-state index contributed by atoms with van der Waals surface area (Å²) in [6.45, 7) is -2.32. The zero-order chi connectivity index (χ0) is 9.31. The van der Waals surface area contributed by atoms with Crippen molar-refractivity contribution in [2.24, 2.45) is 0 Å². The van der Waals surface area contributed by atoms with Gasteiger partial charge in [0.2, 0.25) is 0 Å². The van der Waals surface area contributed by atoms with Crippen LogP contribution in [-0.4, -0.2) is 11.3 Å². The van der Waals surface area contributed by atoms with Crippen molar-refractivity contribution < 1.29 is 4.57 Å². The maximum absolute atomic E-state index is 12.4. The summed E-state index contributed by atoms with van der Waals surface area (Å²) in [4.78, 5) is 0. The molecule has 2 aliphatic rings. The Kier molecular flexibility index (Phi) is 3.05. The van der Waals surface area contributed by atoms with Crippen LogP contribution in [0.25, 0.3) is 0 Å². The van der Waals surface area contributed by atoms with Crippen molar-refractivity contribution >= 4 is 17.7 Å². The summed E-state index contributed by atoms with van der Waals surface area (Å²) in [5, 5.41) is 0. The van der Waals surface area contributed by atoms with Gasteiger partial charge in [0.15, 0.2) is 6.49 Å². The first kappa shape index (κ1) is 10.1. The molecule has 0 amide bonds. The fraction of sp³-hybridized carbons (Fsp3) is 1.00. The first-order valence-corrected chi connectivity index (χ1v) is 8.25. The van der Waals surface area contributed by atoms with Gasteiger partial charge in [0.25, 0.3) is 0 Å². The Morgan fingerprint density at radius 2 is 1.15 bits per heavy atom. The van der Waals surface area contributed by atoms with Crippen LogP contribution >= 0.6 is 17.7 Å². The molecule has 2 saturated carbocycles. The predicted molar refractivity (Wildman–Crippen MR) is 58.0 cm³/mol. The van der Waals surface area contributed by atoms with Gasteiger partial charge in [-0.05, 0) is 25.7 Å². The molecule has 1 nitrogen and oxygen atoms in total. The topological polar surface area (TPSA) is 17.1 Å². The highest BCUT2D eigenvalue weighted by atomic mass is 35.7. The van der Waals surface area contributed by atoms with E-state index in [1.165, 1.54) is 25.7 Å². The van der Waals surface area contributed by atoms with Crippen LogP contribution in [0.2, 0.25) is 0 Å². The molecular weight excluding hydrogens is 203 g/mol. The van der Waals surface area contributed by atoms with Crippen LogP contribution in [0.4, 0.5) is 0 Å². The average molecular weight is 221 g/mol. The lowest BCUT2D eigenvalue weighted by Crippen LogP contribution is -2.09. The molecule has 0 unspecified atom stereocenters. The summed E-state index contributed by atoms with van der Waals surface area (Å²) in [6.07, 6.45) is 9.47. The summed E-state index contributed by atoms with van der Waals surface area (Å²) in [7, 11) is 0. The second kappa shape index (κ2) is 3.95. The largest absolute Gasteiger partial charge is 0.306 e. The van der Waals surface area contributed by atoms with E-state index in [1.807, 2.05) is 0 Å². The molecule has 0 saturated heterocycles. The molecule has 0 spiro atoms. The van der Waals surface area contributed by atoms with Crippen LogP contribution in [0.5, 0.6) is 0 Å². The highest BCUT2D eigenvalue weighted by Crippen LogP contribution is 2.67. The molecule has 0 bridgehead atoms. The molecule has 0 aliphatic heterocycles.